The van der Waals surface area contributed by atoms with E-state index in [-0.39, 0.29) is 5.91 Å². The van der Waals surface area contributed by atoms with Crippen LogP contribution in [0, 0.1) is 6.92 Å². The van der Waals surface area contributed by atoms with Crippen LogP contribution in [-0.2, 0) is 0 Å². The van der Waals surface area contributed by atoms with Crippen molar-refractivity contribution in [2.45, 2.75) is 19.9 Å². The average Bonchev–Trinajstić information content (AvgIpc) is 2.88. The first kappa shape index (κ1) is 16.3. The van der Waals surface area contributed by atoms with Crippen LogP contribution in [0.15, 0.2) is 24.3 Å². The second kappa shape index (κ2) is 6.51. The minimum absolute atomic E-state index is 0.0507. The van der Waals surface area contributed by atoms with Gasteiger partial charge in [-0.2, -0.15) is 5.10 Å². The summed E-state index contributed by atoms with van der Waals surface area (Å²) in [5, 5.41) is 8.84. The minimum atomic E-state index is -0.0507. The molecule has 1 aromatic carbocycles. The molecule has 1 aliphatic rings. The second-order valence-corrected chi connectivity index (χ2v) is 6.63. The number of rotatable bonds is 2. The third kappa shape index (κ3) is 3.37. The van der Waals surface area contributed by atoms with Gasteiger partial charge in [0.25, 0.3) is 5.91 Å². The van der Waals surface area contributed by atoms with Crippen LogP contribution < -0.4 is 5.32 Å². The molecular formula is C16H18Cl2N4O. The summed E-state index contributed by atoms with van der Waals surface area (Å²) < 4.78 is 1.68. The third-order valence-corrected chi connectivity index (χ3v) is 4.44. The van der Waals surface area contributed by atoms with Gasteiger partial charge in [-0.05, 0) is 38.1 Å². The molecule has 0 saturated carbocycles. The quantitative estimate of drug-likeness (QED) is 0.903. The number of nitrogens with zero attached hydrogens (tertiary/aromatic N) is 3. The molecule has 1 atom stereocenters. The molecule has 1 amide bonds. The Balaban J connectivity index is 1.90. The molecule has 2 heterocycles. The lowest BCUT2D eigenvalue weighted by molar-refractivity contribution is 0.0702. The highest BCUT2D eigenvalue weighted by Gasteiger charge is 2.24. The zero-order valence-electron chi connectivity index (χ0n) is 13.0. The van der Waals surface area contributed by atoms with Gasteiger partial charge in [-0.1, -0.05) is 23.2 Å². The molecule has 122 valence electrons. The van der Waals surface area contributed by atoms with Crippen LogP contribution >= 0.6 is 23.2 Å². The van der Waals surface area contributed by atoms with Gasteiger partial charge < -0.3 is 10.2 Å². The van der Waals surface area contributed by atoms with Crippen LogP contribution in [0.1, 0.15) is 23.1 Å². The van der Waals surface area contributed by atoms with Crippen molar-refractivity contribution >= 4 is 29.1 Å². The van der Waals surface area contributed by atoms with Gasteiger partial charge >= 0.3 is 0 Å². The predicted molar refractivity (Wildman–Crippen MR) is 91.7 cm³/mol. The van der Waals surface area contributed by atoms with Gasteiger partial charge in [-0.25, -0.2) is 4.68 Å². The molecule has 1 aliphatic heterocycles. The standard InChI is InChI=1S/C16H18Cl2N4O/c1-10-9-21(6-5-19-10)16(23)14-7-11(2)22(20-14)15-4-3-12(17)8-13(15)18/h3-4,7-8,10,19H,5-6,9H2,1-2H3/t10-/m1/s1. The SMILES string of the molecule is Cc1cc(C(=O)N2CCN[C@H](C)C2)nn1-c1ccc(Cl)cc1Cl. The summed E-state index contributed by atoms with van der Waals surface area (Å²) in [6.07, 6.45) is 0. The third-order valence-electron chi connectivity index (χ3n) is 3.90. The van der Waals surface area contributed by atoms with Crippen molar-refractivity contribution in [2.24, 2.45) is 0 Å². The number of aromatic nitrogens is 2. The van der Waals surface area contributed by atoms with Gasteiger partial charge in [0.2, 0.25) is 0 Å². The highest BCUT2D eigenvalue weighted by atomic mass is 35.5. The van der Waals surface area contributed by atoms with Crippen LogP contribution in [-0.4, -0.2) is 46.3 Å². The molecule has 5 nitrogen and oxygen atoms in total. The number of carbonyl (C=O) groups is 1. The van der Waals surface area contributed by atoms with Gasteiger partial charge in [0.15, 0.2) is 5.69 Å². The number of piperazine rings is 1. The number of carbonyl (C=O) groups excluding carboxylic acids is 1. The zero-order chi connectivity index (χ0) is 16.6. The number of aryl methyl sites for hydroxylation is 1. The van der Waals surface area contributed by atoms with Crippen molar-refractivity contribution in [1.29, 1.82) is 0 Å². The van der Waals surface area contributed by atoms with Gasteiger partial charge in [0.1, 0.15) is 0 Å². The Hall–Kier alpha value is -1.56. The van der Waals surface area contributed by atoms with E-state index in [2.05, 4.69) is 17.3 Å². The van der Waals surface area contributed by atoms with Crippen molar-refractivity contribution in [3.05, 3.63) is 45.7 Å². The van der Waals surface area contributed by atoms with Gasteiger partial charge in [0.05, 0.1) is 10.7 Å². The molecule has 1 aromatic heterocycles. The lowest BCUT2D eigenvalue weighted by Gasteiger charge is -2.31. The Morgan fingerprint density at radius 3 is 2.83 bits per heavy atom. The number of benzene rings is 1. The first-order valence-corrected chi connectivity index (χ1v) is 8.26. The molecule has 1 N–H and O–H groups in total. The molecule has 0 bridgehead atoms. The second-order valence-electron chi connectivity index (χ2n) is 5.78. The van der Waals surface area contributed by atoms with Gasteiger partial charge in [0, 0.05) is 36.4 Å². The van der Waals surface area contributed by atoms with E-state index in [1.165, 1.54) is 0 Å². The molecule has 0 spiro atoms. The van der Waals surface area contributed by atoms with Crippen LogP contribution in [0.25, 0.3) is 5.69 Å². The molecule has 3 rings (SSSR count). The first-order chi connectivity index (χ1) is 11.0. The molecule has 1 fully saturated rings. The maximum Gasteiger partial charge on any atom is 0.274 e. The summed E-state index contributed by atoms with van der Waals surface area (Å²) in [6.45, 7) is 6.14. The molecule has 1 saturated heterocycles. The molecule has 0 aliphatic carbocycles. The molecule has 23 heavy (non-hydrogen) atoms. The van der Waals surface area contributed by atoms with E-state index in [9.17, 15) is 4.79 Å². The van der Waals surface area contributed by atoms with E-state index in [1.54, 1.807) is 28.9 Å². The maximum atomic E-state index is 12.6. The number of hydrogen-bond acceptors (Lipinski definition) is 3. The highest BCUT2D eigenvalue weighted by molar-refractivity contribution is 6.35. The van der Waals surface area contributed by atoms with E-state index < -0.39 is 0 Å². The minimum Gasteiger partial charge on any atom is -0.334 e. The predicted octanol–water partition coefficient (Wildman–Crippen LogP) is 2.92. The number of halogens is 2. The summed E-state index contributed by atoms with van der Waals surface area (Å²) >= 11 is 12.2. The van der Waals surface area contributed by atoms with Crippen molar-refractivity contribution in [1.82, 2.24) is 20.0 Å². The Morgan fingerprint density at radius 1 is 1.35 bits per heavy atom. The van der Waals surface area contributed by atoms with E-state index in [4.69, 9.17) is 23.2 Å². The molecular weight excluding hydrogens is 335 g/mol. The lowest BCUT2D eigenvalue weighted by atomic mass is 10.2. The number of nitrogens with one attached hydrogen (secondary N) is 1. The fourth-order valence-electron chi connectivity index (χ4n) is 2.75. The van der Waals surface area contributed by atoms with Crippen LogP contribution in [0.5, 0.6) is 0 Å². The van der Waals surface area contributed by atoms with Crippen molar-refractivity contribution in [3.8, 4) is 5.69 Å². The highest BCUT2D eigenvalue weighted by Crippen LogP contribution is 2.25. The fraction of sp³-hybridized carbons (Fsp3) is 0.375. The van der Waals surface area contributed by atoms with Crippen molar-refractivity contribution in [2.75, 3.05) is 19.6 Å². The van der Waals surface area contributed by atoms with Gasteiger partial charge in [-0.3, -0.25) is 4.79 Å². The first-order valence-electron chi connectivity index (χ1n) is 7.50. The lowest BCUT2D eigenvalue weighted by Crippen LogP contribution is -2.51. The molecule has 0 radical (unpaired) electrons. The number of hydrogen-bond donors (Lipinski definition) is 1. The fourth-order valence-corrected chi connectivity index (χ4v) is 3.24. The zero-order valence-corrected chi connectivity index (χ0v) is 14.5. The molecule has 7 heteroatoms. The molecule has 0 unspecified atom stereocenters. The largest absolute Gasteiger partial charge is 0.334 e. The Labute approximate surface area is 145 Å². The number of amides is 1. The summed E-state index contributed by atoms with van der Waals surface area (Å²) in [6, 6.07) is 7.30. The van der Waals surface area contributed by atoms with E-state index in [0.29, 0.717) is 40.6 Å². The Morgan fingerprint density at radius 2 is 2.13 bits per heavy atom. The van der Waals surface area contributed by atoms with Gasteiger partial charge in [-0.15, -0.1) is 0 Å². The summed E-state index contributed by atoms with van der Waals surface area (Å²) in [4.78, 5) is 14.5. The Bertz CT molecular complexity index is 744. The average molecular weight is 353 g/mol. The maximum absolute atomic E-state index is 12.6. The van der Waals surface area contributed by atoms with Crippen molar-refractivity contribution < 1.29 is 4.79 Å². The summed E-state index contributed by atoms with van der Waals surface area (Å²) in [5.74, 6) is -0.0507. The smallest absolute Gasteiger partial charge is 0.274 e. The van der Waals surface area contributed by atoms with Crippen LogP contribution in [0.3, 0.4) is 0 Å². The summed E-state index contributed by atoms with van der Waals surface area (Å²) in [7, 11) is 0. The van der Waals surface area contributed by atoms with Crippen molar-refractivity contribution in [3.63, 3.8) is 0 Å². The topological polar surface area (TPSA) is 50.2 Å². The van der Waals surface area contributed by atoms with E-state index in [0.717, 1.165) is 12.2 Å². The normalized spacial score (nSPS) is 18.3. The monoisotopic (exact) mass is 352 g/mol. The Kier molecular flexibility index (Phi) is 4.62. The summed E-state index contributed by atoms with van der Waals surface area (Å²) in [5.41, 5.74) is 1.99. The van der Waals surface area contributed by atoms with Crippen LogP contribution in [0.4, 0.5) is 0 Å². The van der Waals surface area contributed by atoms with E-state index >= 15 is 0 Å². The van der Waals surface area contributed by atoms with E-state index in [1.807, 2.05) is 11.8 Å². The van der Waals surface area contributed by atoms with Crippen LogP contribution in [0.2, 0.25) is 10.0 Å². The molecule has 2 aromatic rings.